The maximum Gasteiger partial charge on any atom is 0.136 e. The molecule has 0 aliphatic carbocycles. The third-order valence-electron chi connectivity index (χ3n) is 10.7. The molecule has 0 radical (unpaired) electrons. The summed E-state index contributed by atoms with van der Waals surface area (Å²) in [7, 11) is 0. The van der Waals surface area contributed by atoms with Gasteiger partial charge in [0.15, 0.2) is 0 Å². The maximum absolute atomic E-state index is 6.51. The second kappa shape index (κ2) is 9.63. The smallest absolute Gasteiger partial charge is 0.136 e. The Kier molecular flexibility index (Phi) is 5.12. The van der Waals surface area contributed by atoms with E-state index in [-0.39, 0.29) is 0 Å². The quantitative estimate of drug-likeness (QED) is 0.186. The van der Waals surface area contributed by atoms with Crippen molar-refractivity contribution in [2.75, 3.05) is 0 Å². The molecule has 4 heteroatoms. The van der Waals surface area contributed by atoms with Crippen molar-refractivity contribution in [2.45, 2.75) is 0 Å². The van der Waals surface area contributed by atoms with Gasteiger partial charge in [0, 0.05) is 53.8 Å². The van der Waals surface area contributed by atoms with E-state index in [2.05, 4.69) is 167 Å². The fourth-order valence-corrected chi connectivity index (χ4v) is 9.74. The van der Waals surface area contributed by atoms with Crippen LogP contribution in [0, 0.1) is 0 Å². The second-order valence-corrected chi connectivity index (χ2v) is 14.3. The van der Waals surface area contributed by atoms with E-state index in [4.69, 9.17) is 4.42 Å². The summed E-state index contributed by atoms with van der Waals surface area (Å²) in [6.45, 7) is 0. The van der Waals surface area contributed by atoms with Gasteiger partial charge in [-0.1, -0.05) is 97.1 Å². The number of para-hydroxylation sites is 4. The van der Waals surface area contributed by atoms with Crippen molar-refractivity contribution in [1.82, 2.24) is 8.97 Å². The van der Waals surface area contributed by atoms with Gasteiger partial charge in [0.25, 0.3) is 0 Å². The van der Waals surface area contributed by atoms with Crippen molar-refractivity contribution in [3.8, 4) is 27.3 Å². The highest BCUT2D eigenvalue weighted by atomic mass is 32.1. The molecular weight excluding hydrogens is 629 g/mol. The first-order chi connectivity index (χ1) is 24.8. The molecule has 12 rings (SSSR count). The Labute approximate surface area is 289 Å². The molecule has 0 N–H and O–H groups in total. The van der Waals surface area contributed by atoms with E-state index in [1.807, 2.05) is 11.3 Å². The van der Waals surface area contributed by atoms with Crippen LogP contribution in [-0.2, 0) is 0 Å². The Bertz CT molecular complexity index is 3320. The van der Waals surface area contributed by atoms with E-state index < -0.39 is 0 Å². The second-order valence-electron chi connectivity index (χ2n) is 13.3. The van der Waals surface area contributed by atoms with Crippen LogP contribution < -0.4 is 0 Å². The van der Waals surface area contributed by atoms with E-state index in [1.54, 1.807) is 0 Å². The molecule has 0 fully saturated rings. The molecule has 0 aliphatic heterocycles. The molecule has 50 heavy (non-hydrogen) atoms. The fraction of sp³-hybridized carbons (Fsp3) is 0. The van der Waals surface area contributed by atoms with Gasteiger partial charge in [-0.3, -0.25) is 0 Å². The summed E-state index contributed by atoms with van der Waals surface area (Å²) >= 11 is 1.88. The molecule has 0 spiro atoms. The van der Waals surface area contributed by atoms with E-state index in [9.17, 15) is 0 Å². The Morgan fingerprint density at radius 3 is 2.00 bits per heavy atom. The fourth-order valence-electron chi connectivity index (χ4n) is 8.54. The van der Waals surface area contributed by atoms with Gasteiger partial charge in [-0.25, -0.2) is 0 Å². The van der Waals surface area contributed by atoms with Gasteiger partial charge in [-0.15, -0.1) is 11.3 Å². The third kappa shape index (κ3) is 3.43. The Balaban J connectivity index is 1.06. The molecule has 0 bridgehead atoms. The summed E-state index contributed by atoms with van der Waals surface area (Å²) in [4.78, 5) is 1.25. The first kappa shape index (κ1) is 26.6. The van der Waals surface area contributed by atoms with Crippen LogP contribution in [0.2, 0.25) is 0 Å². The molecule has 12 aromatic rings. The lowest BCUT2D eigenvalue weighted by Crippen LogP contribution is -1.92. The van der Waals surface area contributed by atoms with Crippen LogP contribution >= 0.6 is 11.3 Å². The minimum atomic E-state index is 0.908. The van der Waals surface area contributed by atoms with E-state index in [0.717, 1.165) is 16.6 Å². The minimum Gasteiger partial charge on any atom is -0.456 e. The maximum atomic E-state index is 6.51. The van der Waals surface area contributed by atoms with Gasteiger partial charge in [-0.05, 0) is 71.8 Å². The van der Waals surface area contributed by atoms with Crippen molar-refractivity contribution in [1.29, 1.82) is 0 Å². The lowest BCUT2D eigenvalue weighted by atomic mass is 9.99. The highest BCUT2D eigenvalue weighted by Crippen LogP contribution is 2.47. The number of benzene rings is 7. The average molecular weight is 655 g/mol. The largest absolute Gasteiger partial charge is 0.456 e. The molecule has 0 saturated carbocycles. The average Bonchev–Trinajstić information content (AvgIpc) is 3.97. The number of hydrogen-bond donors (Lipinski definition) is 0. The summed E-state index contributed by atoms with van der Waals surface area (Å²) in [5.74, 6) is 0. The minimum absolute atomic E-state index is 0.908. The number of hydrogen-bond acceptors (Lipinski definition) is 2. The van der Waals surface area contributed by atoms with Gasteiger partial charge >= 0.3 is 0 Å². The summed E-state index contributed by atoms with van der Waals surface area (Å²) in [5.41, 5.74) is 12.8. The zero-order valence-electron chi connectivity index (χ0n) is 26.7. The summed E-state index contributed by atoms with van der Waals surface area (Å²) in [6, 6.07) is 57.2. The topological polar surface area (TPSA) is 22.5 Å². The van der Waals surface area contributed by atoms with Crippen LogP contribution in [-0.4, -0.2) is 8.97 Å². The van der Waals surface area contributed by atoms with Gasteiger partial charge in [-0.2, -0.15) is 0 Å². The number of thiophene rings is 1. The Morgan fingerprint density at radius 1 is 0.440 bits per heavy atom. The van der Waals surface area contributed by atoms with E-state index in [1.165, 1.54) is 91.9 Å². The van der Waals surface area contributed by atoms with Crippen LogP contribution in [0.1, 0.15) is 0 Å². The molecule has 7 aromatic carbocycles. The van der Waals surface area contributed by atoms with Crippen molar-refractivity contribution < 1.29 is 4.42 Å². The lowest BCUT2D eigenvalue weighted by Gasteiger charge is -2.08. The Morgan fingerprint density at radius 2 is 1.12 bits per heavy atom. The lowest BCUT2D eigenvalue weighted by molar-refractivity contribution is 0.669. The van der Waals surface area contributed by atoms with Crippen LogP contribution in [0.5, 0.6) is 0 Å². The predicted molar refractivity (Wildman–Crippen MR) is 211 cm³/mol. The van der Waals surface area contributed by atoms with Crippen LogP contribution in [0.15, 0.2) is 162 Å². The molecule has 232 valence electrons. The number of rotatable bonds is 3. The molecule has 0 aliphatic rings. The monoisotopic (exact) mass is 654 g/mol. The molecule has 0 amide bonds. The summed E-state index contributed by atoms with van der Waals surface area (Å²) in [6.07, 6.45) is 0. The SMILES string of the molecule is c1ccc(-n2c3ccccc3c3cc(-c4ccc5oc6cccc(-c7cc8c(s7)c7cccc9c%10ccccc%10n8c97)c6c5c4)ccc32)cc1. The molecule has 5 heterocycles. The zero-order chi connectivity index (χ0) is 32.5. The van der Waals surface area contributed by atoms with Crippen molar-refractivity contribution in [2.24, 2.45) is 0 Å². The standard InChI is InChI=1S/C46H26N2OS/c1-2-10-29(11-3-1)47-37-17-6-5-13-31(37)35-24-27(20-22-39(35)47)28-21-23-41-36(25-28)44-33(15-9-19-42(44)49-41)43-26-40-46(50-43)34-16-8-14-32-30-12-4-7-18-38(30)48(40)45(32)34/h1-26H. The predicted octanol–water partition coefficient (Wildman–Crippen LogP) is 13.2. The molecule has 0 atom stereocenters. The molecule has 0 unspecified atom stereocenters. The van der Waals surface area contributed by atoms with Crippen molar-refractivity contribution >= 4 is 92.5 Å². The summed E-state index contributed by atoms with van der Waals surface area (Å²) < 4.78 is 12.7. The van der Waals surface area contributed by atoms with Gasteiger partial charge in [0.1, 0.15) is 11.2 Å². The van der Waals surface area contributed by atoms with Gasteiger partial charge < -0.3 is 13.4 Å². The number of fused-ring (bicyclic) bond motifs is 12. The zero-order valence-corrected chi connectivity index (χ0v) is 27.5. The summed E-state index contributed by atoms with van der Waals surface area (Å²) in [5, 5.41) is 8.76. The first-order valence-corrected chi connectivity index (χ1v) is 17.8. The number of aromatic nitrogens is 2. The van der Waals surface area contributed by atoms with Crippen molar-refractivity contribution in [3.63, 3.8) is 0 Å². The van der Waals surface area contributed by atoms with E-state index in [0.29, 0.717) is 0 Å². The normalized spacial score (nSPS) is 12.4. The van der Waals surface area contributed by atoms with Crippen LogP contribution in [0.4, 0.5) is 0 Å². The number of furan rings is 1. The first-order valence-electron chi connectivity index (χ1n) is 17.0. The molecule has 3 nitrogen and oxygen atoms in total. The van der Waals surface area contributed by atoms with Gasteiger partial charge in [0.2, 0.25) is 0 Å². The Hall–Kier alpha value is -6.36. The number of nitrogens with zero attached hydrogens (tertiary/aromatic N) is 2. The van der Waals surface area contributed by atoms with Gasteiger partial charge in [0.05, 0.1) is 32.3 Å². The molecular formula is C46H26N2OS. The molecule has 0 saturated heterocycles. The van der Waals surface area contributed by atoms with Crippen molar-refractivity contribution in [3.05, 3.63) is 158 Å². The molecule has 5 aromatic heterocycles. The van der Waals surface area contributed by atoms with Crippen LogP contribution in [0.25, 0.3) is 108 Å². The highest BCUT2D eigenvalue weighted by Gasteiger charge is 2.22. The third-order valence-corrected chi connectivity index (χ3v) is 11.9. The van der Waals surface area contributed by atoms with Crippen LogP contribution in [0.3, 0.4) is 0 Å². The highest BCUT2D eigenvalue weighted by molar-refractivity contribution is 7.23. The van der Waals surface area contributed by atoms with E-state index >= 15 is 0 Å².